The average Bonchev–Trinajstić information content (AvgIpc) is 3.66. The Bertz CT molecular complexity index is 2400. The molecule has 0 bridgehead atoms. The summed E-state index contributed by atoms with van der Waals surface area (Å²) in [5, 5.41) is 17.1. The number of anilines is 1. The molecule has 1 atom stereocenters. The lowest BCUT2D eigenvalue weighted by atomic mass is 9.73. The molecule has 1 aromatic carbocycles. The SMILES string of the molecule is Cc1cc(-c2nc3n(CC(=O)Nc4ccc(C(F)(F)F)cc4Cl)c4c(c(=O)n3n2)C2(CCN(C(=O)c3ncnc(C)c3O)CC2)CC4C)c(F)c(C)n1. The Kier molecular flexibility index (Phi) is 8.74. The molecule has 53 heavy (non-hydrogen) atoms. The predicted molar refractivity (Wildman–Crippen MR) is 183 cm³/mol. The van der Waals surface area contributed by atoms with E-state index in [1.807, 2.05) is 6.92 Å². The fourth-order valence-electron chi connectivity index (χ4n) is 7.61. The van der Waals surface area contributed by atoms with Crippen LogP contribution in [0.2, 0.25) is 5.02 Å². The van der Waals surface area contributed by atoms with Crippen molar-refractivity contribution in [3.63, 3.8) is 0 Å². The third-order valence-electron chi connectivity index (χ3n) is 10.1. The summed E-state index contributed by atoms with van der Waals surface area (Å²) in [6, 6.07) is 4.01. The molecule has 13 nitrogen and oxygen atoms in total. The first-order valence-corrected chi connectivity index (χ1v) is 17.0. The third kappa shape index (κ3) is 6.15. The van der Waals surface area contributed by atoms with Crippen molar-refractivity contribution in [3.05, 3.63) is 91.4 Å². The van der Waals surface area contributed by atoms with E-state index in [0.29, 0.717) is 42.3 Å². The Hall–Kier alpha value is -5.45. The summed E-state index contributed by atoms with van der Waals surface area (Å²) < 4.78 is 57.7. The van der Waals surface area contributed by atoms with E-state index in [1.54, 1.807) is 18.7 Å². The molecule has 2 amide bonds. The van der Waals surface area contributed by atoms with Gasteiger partial charge in [0.25, 0.3) is 11.5 Å². The zero-order chi connectivity index (χ0) is 38.1. The minimum absolute atomic E-state index is 0.00332. The van der Waals surface area contributed by atoms with Gasteiger partial charge in [-0.2, -0.15) is 22.7 Å². The van der Waals surface area contributed by atoms with Gasteiger partial charge in [-0.15, -0.1) is 5.10 Å². The van der Waals surface area contributed by atoms with Crippen LogP contribution in [0, 0.1) is 26.6 Å². The molecule has 18 heteroatoms. The number of pyridine rings is 1. The molecule has 276 valence electrons. The number of alkyl halides is 3. The highest BCUT2D eigenvalue weighted by Crippen LogP contribution is 2.50. The molecule has 1 unspecified atom stereocenters. The fourth-order valence-corrected chi connectivity index (χ4v) is 7.83. The number of aromatic nitrogens is 7. The molecule has 7 rings (SSSR count). The number of nitrogens with one attached hydrogen (secondary N) is 1. The molecule has 1 saturated heterocycles. The summed E-state index contributed by atoms with van der Waals surface area (Å²) in [6.45, 7) is 6.61. The topological polar surface area (TPSA) is 160 Å². The zero-order valence-electron chi connectivity index (χ0n) is 28.8. The van der Waals surface area contributed by atoms with E-state index < -0.39 is 46.9 Å². The summed E-state index contributed by atoms with van der Waals surface area (Å²) in [7, 11) is 0. The molecule has 5 heterocycles. The normalized spacial score (nSPS) is 16.7. The van der Waals surface area contributed by atoms with Crippen LogP contribution < -0.4 is 10.9 Å². The molecule has 0 radical (unpaired) electrons. The van der Waals surface area contributed by atoms with Crippen molar-refractivity contribution in [1.29, 1.82) is 0 Å². The van der Waals surface area contributed by atoms with E-state index in [9.17, 15) is 32.7 Å². The number of carbonyl (C=O) groups is 2. The van der Waals surface area contributed by atoms with Crippen LogP contribution in [-0.2, 0) is 22.9 Å². The summed E-state index contributed by atoms with van der Waals surface area (Å²) in [5.41, 5.74) is -0.697. The first kappa shape index (κ1) is 35.9. The lowest BCUT2D eigenvalue weighted by molar-refractivity contribution is -0.137. The molecule has 1 fully saturated rings. The minimum Gasteiger partial charge on any atom is -0.504 e. The van der Waals surface area contributed by atoms with E-state index in [0.717, 1.165) is 16.6 Å². The van der Waals surface area contributed by atoms with Gasteiger partial charge in [0, 0.05) is 35.5 Å². The molecule has 1 spiro atoms. The van der Waals surface area contributed by atoms with Crippen LogP contribution in [0.5, 0.6) is 5.75 Å². The van der Waals surface area contributed by atoms with Gasteiger partial charge in [-0.05, 0) is 70.2 Å². The van der Waals surface area contributed by atoms with Crippen LogP contribution in [0.3, 0.4) is 0 Å². The van der Waals surface area contributed by atoms with Crippen molar-refractivity contribution in [3.8, 4) is 17.1 Å². The molecule has 0 saturated carbocycles. The maximum atomic E-state index is 15.4. The average molecular weight is 754 g/mol. The molecule has 2 N–H and O–H groups in total. The number of piperidine rings is 1. The maximum absolute atomic E-state index is 15.4. The number of benzene rings is 1. The summed E-state index contributed by atoms with van der Waals surface area (Å²) in [5.74, 6) is -2.61. The fraction of sp³-hybridized carbons (Fsp3) is 0.371. The van der Waals surface area contributed by atoms with Crippen molar-refractivity contribution in [2.45, 2.75) is 71.0 Å². The number of halogens is 5. The van der Waals surface area contributed by atoms with Crippen LogP contribution in [0.25, 0.3) is 17.2 Å². The lowest BCUT2D eigenvalue weighted by Gasteiger charge is -2.39. The Labute approximate surface area is 303 Å². The summed E-state index contributed by atoms with van der Waals surface area (Å²) in [6.07, 6.45) is -2.24. The smallest absolute Gasteiger partial charge is 0.416 e. The first-order valence-electron chi connectivity index (χ1n) is 16.6. The number of nitrogens with zero attached hydrogens (tertiary/aromatic N) is 8. The second kappa shape index (κ2) is 12.9. The number of aryl methyl sites for hydroxylation is 3. The minimum atomic E-state index is -4.64. The highest BCUT2D eigenvalue weighted by Gasteiger charge is 2.49. The van der Waals surface area contributed by atoms with Gasteiger partial charge < -0.3 is 19.9 Å². The Morgan fingerprint density at radius 2 is 1.79 bits per heavy atom. The molecule has 5 aromatic rings. The number of amides is 2. The standard InChI is InChI=1S/C35H32ClF4N9O4/c1-16-13-34(7-9-47(10-8-34)32(53)27-29(51)19(4)41-15-42-27)25-28(16)48(14-24(50)44-23-6-5-20(12-22(23)36)35(38,39)40)33-45-30(46-49(33)31(25)52)21-11-17(2)43-18(3)26(21)37/h5-6,11-12,15-16,51H,7-10,13-14H2,1-4H3,(H,44,50). The molecular formula is C35H32ClF4N9O4. The van der Waals surface area contributed by atoms with Gasteiger partial charge in [0.2, 0.25) is 11.7 Å². The van der Waals surface area contributed by atoms with Gasteiger partial charge in [0.05, 0.1) is 33.2 Å². The number of rotatable bonds is 5. The van der Waals surface area contributed by atoms with Crippen molar-refractivity contribution in [1.82, 2.24) is 39.0 Å². The van der Waals surface area contributed by atoms with Crippen LogP contribution in [-0.4, -0.2) is 69.0 Å². The zero-order valence-corrected chi connectivity index (χ0v) is 29.6. The van der Waals surface area contributed by atoms with E-state index in [4.69, 9.17) is 11.6 Å². The number of aromatic hydroxyl groups is 1. The van der Waals surface area contributed by atoms with Gasteiger partial charge in [0.1, 0.15) is 12.9 Å². The number of hydrogen-bond acceptors (Lipinski definition) is 9. The highest BCUT2D eigenvalue weighted by molar-refractivity contribution is 6.33. The van der Waals surface area contributed by atoms with Crippen LogP contribution in [0.15, 0.2) is 35.4 Å². The van der Waals surface area contributed by atoms with Crippen molar-refractivity contribution < 1.29 is 32.3 Å². The number of hydrogen-bond donors (Lipinski definition) is 2. The van der Waals surface area contributed by atoms with Gasteiger partial charge in [-0.25, -0.2) is 14.4 Å². The van der Waals surface area contributed by atoms with Crippen LogP contribution in [0.1, 0.15) is 76.5 Å². The highest BCUT2D eigenvalue weighted by atomic mass is 35.5. The number of fused-ring (bicyclic) bond motifs is 3. The van der Waals surface area contributed by atoms with Gasteiger partial charge in [-0.1, -0.05) is 18.5 Å². The summed E-state index contributed by atoms with van der Waals surface area (Å²) in [4.78, 5) is 59.7. The Morgan fingerprint density at radius 1 is 1.08 bits per heavy atom. The number of likely N-dealkylation sites (tertiary alicyclic amines) is 1. The van der Waals surface area contributed by atoms with E-state index in [2.05, 4.69) is 30.4 Å². The second-order valence-electron chi connectivity index (χ2n) is 13.6. The molecular weight excluding hydrogens is 722 g/mol. The Balaban J connectivity index is 1.31. The molecule has 1 aliphatic heterocycles. The number of carbonyl (C=O) groups excluding carboxylic acids is 2. The molecule has 2 aliphatic rings. The lowest BCUT2D eigenvalue weighted by Crippen LogP contribution is -2.46. The van der Waals surface area contributed by atoms with Crippen LogP contribution >= 0.6 is 11.6 Å². The van der Waals surface area contributed by atoms with Crippen molar-refractivity contribution in [2.24, 2.45) is 0 Å². The van der Waals surface area contributed by atoms with Crippen molar-refractivity contribution >= 4 is 34.9 Å². The molecule has 1 aliphatic carbocycles. The van der Waals surface area contributed by atoms with Crippen molar-refractivity contribution in [2.75, 3.05) is 18.4 Å². The maximum Gasteiger partial charge on any atom is 0.416 e. The quantitative estimate of drug-likeness (QED) is 0.221. The second-order valence-corrected chi connectivity index (χ2v) is 14.0. The Morgan fingerprint density at radius 3 is 2.47 bits per heavy atom. The van der Waals surface area contributed by atoms with Gasteiger partial charge in [0.15, 0.2) is 23.1 Å². The van der Waals surface area contributed by atoms with E-state index in [-0.39, 0.29) is 69.7 Å². The van der Waals surface area contributed by atoms with Gasteiger partial charge >= 0.3 is 6.18 Å². The predicted octanol–water partition coefficient (Wildman–Crippen LogP) is 5.51. The van der Waals surface area contributed by atoms with E-state index in [1.165, 1.54) is 23.9 Å². The largest absolute Gasteiger partial charge is 0.504 e. The monoisotopic (exact) mass is 753 g/mol. The summed E-state index contributed by atoms with van der Waals surface area (Å²) >= 11 is 6.13. The van der Waals surface area contributed by atoms with Gasteiger partial charge in [-0.3, -0.25) is 19.4 Å². The third-order valence-corrected chi connectivity index (χ3v) is 10.4. The van der Waals surface area contributed by atoms with Crippen LogP contribution in [0.4, 0.5) is 23.2 Å². The first-order chi connectivity index (χ1) is 25.0. The molecule has 4 aromatic heterocycles. The van der Waals surface area contributed by atoms with E-state index >= 15 is 4.39 Å².